The summed E-state index contributed by atoms with van der Waals surface area (Å²) >= 11 is 0. The average Bonchev–Trinajstić information content (AvgIpc) is 2.55. The number of hydrogen-bond donors (Lipinski definition) is 2. The molecule has 0 aliphatic heterocycles. The second kappa shape index (κ2) is 6.99. The molecule has 0 aliphatic rings. The van der Waals surface area contributed by atoms with Crippen LogP contribution in [0.15, 0.2) is 47.6 Å². The van der Waals surface area contributed by atoms with Crippen LogP contribution >= 0.6 is 0 Å². The first-order valence-electron chi connectivity index (χ1n) is 6.67. The second-order valence-corrected chi connectivity index (χ2v) is 4.74. The lowest BCUT2D eigenvalue weighted by atomic mass is 10.1. The number of rotatable bonds is 4. The number of nitro groups is 1. The Morgan fingerprint density at radius 3 is 2.40 bits per heavy atom. The van der Waals surface area contributed by atoms with E-state index in [2.05, 4.69) is 5.10 Å². The zero-order valence-corrected chi connectivity index (χ0v) is 12.3. The van der Waals surface area contributed by atoms with E-state index in [-0.39, 0.29) is 16.8 Å². The van der Waals surface area contributed by atoms with E-state index in [4.69, 9.17) is 0 Å². The minimum absolute atomic E-state index is 0.0658. The summed E-state index contributed by atoms with van der Waals surface area (Å²) in [4.78, 5) is 21.7. The van der Waals surface area contributed by atoms with Crippen LogP contribution in [0.1, 0.15) is 21.5 Å². The molecule has 2 aromatic rings. The predicted octanol–water partition coefficient (Wildman–Crippen LogP) is 3.08. The van der Waals surface area contributed by atoms with Crippen molar-refractivity contribution in [3.8, 4) is 5.75 Å². The van der Waals surface area contributed by atoms with Crippen molar-refractivity contribution >= 4 is 17.8 Å². The number of benzene rings is 2. The molecule has 2 rings (SSSR count). The molecule has 10 heteroatoms. The van der Waals surface area contributed by atoms with E-state index in [9.17, 15) is 33.2 Å². The predicted molar refractivity (Wildman–Crippen MR) is 81.3 cm³/mol. The number of hydrazone groups is 1. The van der Waals surface area contributed by atoms with Crippen molar-refractivity contribution in [2.24, 2.45) is 5.10 Å². The molecule has 25 heavy (non-hydrogen) atoms. The van der Waals surface area contributed by atoms with Gasteiger partial charge < -0.3 is 5.11 Å². The number of hydrogen-bond acceptors (Lipinski definition) is 5. The Morgan fingerprint density at radius 1 is 1.20 bits per heavy atom. The normalized spacial score (nSPS) is 11.5. The molecule has 2 aromatic carbocycles. The minimum atomic E-state index is -4.73. The zero-order chi connectivity index (χ0) is 18.6. The molecule has 130 valence electrons. The number of halogens is 3. The lowest BCUT2D eigenvalue weighted by molar-refractivity contribution is -0.384. The standard InChI is InChI=1S/C15H10F3N3O4/c16-15(17,18)12-3-1-2-10(13(12)22)8-19-20-14(23)9-4-6-11(7-5-9)21(24)25/h1-8,22H,(H,20,23). The zero-order valence-electron chi connectivity index (χ0n) is 12.3. The Labute approximate surface area is 138 Å². The van der Waals surface area contributed by atoms with Crippen LogP contribution in [0.3, 0.4) is 0 Å². The number of nitrogens with zero attached hydrogens (tertiary/aromatic N) is 2. The van der Waals surface area contributed by atoms with Gasteiger partial charge in [-0.1, -0.05) is 6.07 Å². The first-order chi connectivity index (χ1) is 11.7. The molecule has 0 aliphatic carbocycles. The summed E-state index contributed by atoms with van der Waals surface area (Å²) in [6.07, 6.45) is -3.87. The minimum Gasteiger partial charge on any atom is -0.507 e. The van der Waals surface area contributed by atoms with Gasteiger partial charge in [0.05, 0.1) is 16.7 Å². The third-order valence-corrected chi connectivity index (χ3v) is 3.08. The maximum Gasteiger partial charge on any atom is 0.419 e. The van der Waals surface area contributed by atoms with E-state index in [1.54, 1.807) is 0 Å². The van der Waals surface area contributed by atoms with Gasteiger partial charge in [0.1, 0.15) is 5.75 Å². The fraction of sp³-hybridized carbons (Fsp3) is 0.0667. The Hall–Kier alpha value is -3.43. The summed E-state index contributed by atoms with van der Waals surface area (Å²) in [5.74, 6) is -1.74. The fourth-order valence-corrected chi connectivity index (χ4v) is 1.85. The highest BCUT2D eigenvalue weighted by Crippen LogP contribution is 2.36. The molecule has 0 radical (unpaired) electrons. The molecule has 0 atom stereocenters. The molecule has 0 saturated heterocycles. The van der Waals surface area contributed by atoms with Crippen molar-refractivity contribution in [1.82, 2.24) is 5.43 Å². The van der Waals surface area contributed by atoms with Crippen LogP contribution in [0.2, 0.25) is 0 Å². The molecule has 0 heterocycles. The van der Waals surface area contributed by atoms with Crippen LogP contribution in [0.4, 0.5) is 18.9 Å². The van der Waals surface area contributed by atoms with Gasteiger partial charge in [0.15, 0.2) is 0 Å². The Balaban J connectivity index is 2.11. The number of para-hydroxylation sites is 1. The third-order valence-electron chi connectivity index (χ3n) is 3.08. The lowest BCUT2D eigenvalue weighted by Crippen LogP contribution is -2.17. The SMILES string of the molecule is O=C(NN=Cc1cccc(C(F)(F)F)c1O)c1ccc([N+](=O)[O-])cc1. The molecule has 2 N–H and O–H groups in total. The number of phenolic OH excluding ortho intramolecular Hbond substituents is 1. The van der Waals surface area contributed by atoms with Crippen molar-refractivity contribution in [3.05, 3.63) is 69.3 Å². The molecule has 1 amide bonds. The second-order valence-electron chi connectivity index (χ2n) is 4.74. The number of carbonyl (C=O) groups is 1. The average molecular weight is 353 g/mol. The summed E-state index contributed by atoms with van der Waals surface area (Å²) < 4.78 is 38.0. The molecule has 0 aromatic heterocycles. The molecule has 7 nitrogen and oxygen atoms in total. The number of aromatic hydroxyl groups is 1. The van der Waals surface area contributed by atoms with Crippen LogP contribution in [-0.4, -0.2) is 22.2 Å². The fourth-order valence-electron chi connectivity index (χ4n) is 1.85. The van der Waals surface area contributed by atoms with Gasteiger partial charge in [-0.05, 0) is 24.3 Å². The molecule has 0 bridgehead atoms. The van der Waals surface area contributed by atoms with Crippen molar-refractivity contribution < 1.29 is 28.0 Å². The highest BCUT2D eigenvalue weighted by Gasteiger charge is 2.34. The number of nitrogens with one attached hydrogen (secondary N) is 1. The van der Waals surface area contributed by atoms with Crippen molar-refractivity contribution in [3.63, 3.8) is 0 Å². The van der Waals surface area contributed by atoms with Crippen LogP contribution in [-0.2, 0) is 6.18 Å². The Kier molecular flexibility index (Phi) is 5.01. The van der Waals surface area contributed by atoms with Gasteiger partial charge in [0, 0.05) is 23.3 Å². The molecule has 0 saturated carbocycles. The number of non-ortho nitro benzene ring substituents is 1. The van der Waals surface area contributed by atoms with Gasteiger partial charge in [0.25, 0.3) is 11.6 Å². The van der Waals surface area contributed by atoms with Gasteiger partial charge in [-0.25, -0.2) is 5.43 Å². The van der Waals surface area contributed by atoms with Crippen molar-refractivity contribution in [2.45, 2.75) is 6.18 Å². The topological polar surface area (TPSA) is 105 Å². The molecule has 0 fully saturated rings. The van der Waals surface area contributed by atoms with E-state index in [1.807, 2.05) is 5.43 Å². The summed E-state index contributed by atoms with van der Waals surface area (Å²) in [6.45, 7) is 0. The highest BCUT2D eigenvalue weighted by atomic mass is 19.4. The van der Waals surface area contributed by atoms with E-state index >= 15 is 0 Å². The van der Waals surface area contributed by atoms with Gasteiger partial charge in [0.2, 0.25) is 0 Å². The monoisotopic (exact) mass is 353 g/mol. The van der Waals surface area contributed by atoms with Gasteiger partial charge >= 0.3 is 6.18 Å². The smallest absolute Gasteiger partial charge is 0.419 e. The van der Waals surface area contributed by atoms with Crippen LogP contribution in [0.25, 0.3) is 0 Å². The number of carbonyl (C=O) groups excluding carboxylic acids is 1. The molecule has 0 unspecified atom stereocenters. The summed E-state index contributed by atoms with van der Waals surface area (Å²) in [5.41, 5.74) is 0.454. The maximum atomic E-state index is 12.7. The van der Waals surface area contributed by atoms with Gasteiger partial charge in [-0.2, -0.15) is 18.3 Å². The summed E-state index contributed by atoms with van der Waals surface area (Å²) in [6, 6.07) is 7.63. The summed E-state index contributed by atoms with van der Waals surface area (Å²) in [5, 5.41) is 23.6. The Morgan fingerprint density at radius 2 is 1.84 bits per heavy atom. The molecular weight excluding hydrogens is 343 g/mol. The Bertz CT molecular complexity index is 833. The quantitative estimate of drug-likeness (QED) is 0.500. The number of alkyl halides is 3. The van der Waals surface area contributed by atoms with E-state index in [0.717, 1.165) is 24.4 Å². The van der Waals surface area contributed by atoms with Crippen molar-refractivity contribution in [1.29, 1.82) is 0 Å². The van der Waals surface area contributed by atoms with Gasteiger partial charge in [-0.15, -0.1) is 0 Å². The third kappa shape index (κ3) is 4.31. The largest absolute Gasteiger partial charge is 0.507 e. The molecule has 0 spiro atoms. The van der Waals surface area contributed by atoms with E-state index < -0.39 is 28.3 Å². The van der Waals surface area contributed by atoms with E-state index in [0.29, 0.717) is 6.07 Å². The van der Waals surface area contributed by atoms with E-state index in [1.165, 1.54) is 18.2 Å². The maximum absolute atomic E-state index is 12.7. The summed E-state index contributed by atoms with van der Waals surface area (Å²) in [7, 11) is 0. The van der Waals surface area contributed by atoms with Crippen molar-refractivity contribution in [2.75, 3.05) is 0 Å². The lowest BCUT2D eigenvalue weighted by Gasteiger charge is -2.10. The van der Waals surface area contributed by atoms with Gasteiger partial charge in [-0.3, -0.25) is 14.9 Å². The first-order valence-corrected chi connectivity index (χ1v) is 6.67. The van der Waals surface area contributed by atoms with Crippen LogP contribution in [0.5, 0.6) is 5.75 Å². The number of amides is 1. The first kappa shape index (κ1) is 17.9. The number of nitro benzene ring substituents is 1. The number of phenols is 1. The molecular formula is C15H10F3N3O4. The van der Waals surface area contributed by atoms with Crippen LogP contribution < -0.4 is 5.43 Å². The highest BCUT2D eigenvalue weighted by molar-refractivity contribution is 5.95. The van der Waals surface area contributed by atoms with Crippen LogP contribution in [0, 0.1) is 10.1 Å².